The molecule has 94 valence electrons. The summed E-state index contributed by atoms with van der Waals surface area (Å²) in [7, 11) is -3.90. The molecule has 0 spiro atoms. The number of fused-ring (bicyclic) bond motifs is 1. The molecule has 1 atom stereocenters. The summed E-state index contributed by atoms with van der Waals surface area (Å²) in [6.45, 7) is 4.01. The van der Waals surface area contributed by atoms with Crippen LogP contribution < -0.4 is 4.74 Å². The fourth-order valence-corrected chi connectivity index (χ4v) is 3.17. The highest BCUT2D eigenvalue weighted by atomic mass is 32.2. The van der Waals surface area contributed by atoms with E-state index in [1.54, 1.807) is 6.07 Å². The van der Waals surface area contributed by atoms with Crippen molar-refractivity contribution < 1.29 is 17.5 Å². The minimum atomic E-state index is -3.90. The molecular formula is C12H15FO3S. The van der Waals surface area contributed by atoms with Crippen LogP contribution in [0.15, 0.2) is 23.1 Å². The number of rotatable bonds is 1. The van der Waals surface area contributed by atoms with Gasteiger partial charge in [-0.1, -0.05) is 19.9 Å². The molecule has 0 aromatic heterocycles. The second kappa shape index (κ2) is 4.29. The van der Waals surface area contributed by atoms with Crippen LogP contribution in [0, 0.1) is 0 Å². The van der Waals surface area contributed by atoms with Crippen LogP contribution in [0.1, 0.15) is 31.7 Å². The van der Waals surface area contributed by atoms with Gasteiger partial charge in [-0.2, -0.15) is 0 Å². The second-order valence-corrected chi connectivity index (χ2v) is 6.49. The zero-order valence-corrected chi connectivity index (χ0v) is 10.6. The SMILES string of the molecule is CC(C)c1ccc2c(c1)S(=O)(=O)C(F)CCO2. The Hall–Kier alpha value is -1.10. The number of alkyl halides is 1. The maximum Gasteiger partial charge on any atom is 0.214 e. The molecule has 1 aromatic rings. The molecule has 0 amide bonds. The average molecular weight is 258 g/mol. The number of hydrogen-bond donors (Lipinski definition) is 0. The van der Waals surface area contributed by atoms with Gasteiger partial charge in [0.05, 0.1) is 6.61 Å². The first-order chi connectivity index (χ1) is 7.93. The summed E-state index contributed by atoms with van der Waals surface area (Å²) < 4.78 is 42.7. The molecule has 0 saturated heterocycles. The van der Waals surface area contributed by atoms with Gasteiger partial charge < -0.3 is 4.74 Å². The van der Waals surface area contributed by atoms with Crippen molar-refractivity contribution in [3.05, 3.63) is 23.8 Å². The third-order valence-corrected chi connectivity index (χ3v) is 4.72. The third kappa shape index (κ3) is 2.16. The molecule has 1 aromatic carbocycles. The molecule has 2 rings (SSSR count). The smallest absolute Gasteiger partial charge is 0.214 e. The zero-order valence-electron chi connectivity index (χ0n) is 9.81. The first-order valence-corrected chi connectivity index (χ1v) is 7.12. The second-order valence-electron chi connectivity index (χ2n) is 4.45. The minimum Gasteiger partial charge on any atom is -0.492 e. The van der Waals surface area contributed by atoms with Gasteiger partial charge in [-0.05, 0) is 23.6 Å². The third-order valence-electron chi connectivity index (χ3n) is 2.88. The first-order valence-electron chi connectivity index (χ1n) is 5.57. The number of benzene rings is 1. The molecule has 0 N–H and O–H groups in total. The molecule has 3 nitrogen and oxygen atoms in total. The lowest BCUT2D eigenvalue weighted by atomic mass is 10.0. The van der Waals surface area contributed by atoms with E-state index in [0.717, 1.165) is 5.56 Å². The first kappa shape index (κ1) is 12.4. The molecule has 17 heavy (non-hydrogen) atoms. The van der Waals surface area contributed by atoms with Crippen molar-refractivity contribution >= 4 is 9.84 Å². The van der Waals surface area contributed by atoms with Crippen LogP contribution in [-0.2, 0) is 9.84 Å². The number of halogens is 1. The summed E-state index contributed by atoms with van der Waals surface area (Å²) in [5.41, 5.74) is -1.00. The Morgan fingerprint density at radius 3 is 2.76 bits per heavy atom. The highest BCUT2D eigenvalue weighted by molar-refractivity contribution is 7.92. The van der Waals surface area contributed by atoms with Crippen molar-refractivity contribution in [2.75, 3.05) is 6.61 Å². The zero-order chi connectivity index (χ0) is 12.6. The predicted octanol–water partition coefficient (Wildman–Crippen LogP) is 2.66. The Morgan fingerprint density at radius 1 is 1.41 bits per heavy atom. The predicted molar refractivity (Wildman–Crippen MR) is 62.7 cm³/mol. The van der Waals surface area contributed by atoms with E-state index in [2.05, 4.69) is 0 Å². The molecule has 0 fully saturated rings. The number of ether oxygens (including phenoxy) is 1. The van der Waals surface area contributed by atoms with Crippen LogP contribution in [0.2, 0.25) is 0 Å². The molecule has 5 heteroatoms. The molecule has 1 unspecified atom stereocenters. The molecule has 1 heterocycles. The molecule has 0 saturated carbocycles. The molecule has 1 aliphatic rings. The highest BCUT2D eigenvalue weighted by Gasteiger charge is 2.33. The summed E-state index contributed by atoms with van der Waals surface area (Å²) in [5.74, 6) is 0.450. The van der Waals surface area contributed by atoms with Gasteiger partial charge in [0, 0.05) is 6.42 Å². The lowest BCUT2D eigenvalue weighted by Crippen LogP contribution is -2.16. The fraction of sp³-hybridized carbons (Fsp3) is 0.500. The molecule has 0 bridgehead atoms. The Morgan fingerprint density at radius 2 is 2.12 bits per heavy atom. The van der Waals surface area contributed by atoms with E-state index in [1.807, 2.05) is 19.9 Å². The number of sulfone groups is 1. The van der Waals surface area contributed by atoms with E-state index in [9.17, 15) is 12.8 Å². The Bertz CT molecular complexity index is 523. The van der Waals surface area contributed by atoms with Crippen molar-refractivity contribution in [2.24, 2.45) is 0 Å². The van der Waals surface area contributed by atoms with Gasteiger partial charge in [0.2, 0.25) is 15.3 Å². The van der Waals surface area contributed by atoms with E-state index in [-0.39, 0.29) is 29.6 Å². The average Bonchev–Trinajstić information content (AvgIpc) is 2.38. The van der Waals surface area contributed by atoms with Crippen LogP contribution >= 0.6 is 0 Å². The lowest BCUT2D eigenvalue weighted by Gasteiger charge is -2.11. The summed E-state index contributed by atoms with van der Waals surface area (Å²) in [5, 5.41) is 0. The quantitative estimate of drug-likeness (QED) is 0.777. The van der Waals surface area contributed by atoms with Gasteiger partial charge in [-0.15, -0.1) is 0 Å². The summed E-state index contributed by atoms with van der Waals surface area (Å²) in [6.07, 6.45) is -0.117. The Labute approximate surface area is 101 Å². The Kier molecular flexibility index (Phi) is 3.12. The van der Waals surface area contributed by atoms with E-state index < -0.39 is 15.3 Å². The normalized spacial score (nSPS) is 22.7. The molecule has 0 radical (unpaired) electrons. The van der Waals surface area contributed by atoms with Crippen LogP contribution in [0.25, 0.3) is 0 Å². The summed E-state index contributed by atoms with van der Waals surface area (Å²) in [4.78, 5) is -0.0197. The molecular weight excluding hydrogens is 243 g/mol. The van der Waals surface area contributed by atoms with Crippen molar-refractivity contribution in [1.82, 2.24) is 0 Å². The maximum absolute atomic E-state index is 13.6. The van der Waals surface area contributed by atoms with Gasteiger partial charge in [0.1, 0.15) is 10.6 Å². The van der Waals surface area contributed by atoms with Crippen molar-refractivity contribution in [3.63, 3.8) is 0 Å². The van der Waals surface area contributed by atoms with Crippen molar-refractivity contribution in [2.45, 2.75) is 36.6 Å². The minimum absolute atomic E-state index is 0.0197. The van der Waals surface area contributed by atoms with Crippen LogP contribution in [-0.4, -0.2) is 20.5 Å². The van der Waals surface area contributed by atoms with Gasteiger partial charge >= 0.3 is 0 Å². The largest absolute Gasteiger partial charge is 0.492 e. The van der Waals surface area contributed by atoms with E-state index in [1.165, 1.54) is 6.07 Å². The van der Waals surface area contributed by atoms with Gasteiger partial charge in [-0.25, -0.2) is 12.8 Å². The van der Waals surface area contributed by atoms with E-state index in [4.69, 9.17) is 4.74 Å². The van der Waals surface area contributed by atoms with Crippen LogP contribution in [0.3, 0.4) is 0 Å². The van der Waals surface area contributed by atoms with Crippen molar-refractivity contribution in [1.29, 1.82) is 0 Å². The maximum atomic E-state index is 13.6. The van der Waals surface area contributed by atoms with E-state index >= 15 is 0 Å². The lowest BCUT2D eigenvalue weighted by molar-refractivity contribution is 0.278. The standard InChI is InChI=1S/C12H15FO3S/c1-8(2)9-3-4-10-11(7-9)17(14,15)12(13)5-6-16-10/h3-4,7-8,12H,5-6H2,1-2H3. The highest BCUT2D eigenvalue weighted by Crippen LogP contribution is 2.34. The van der Waals surface area contributed by atoms with Gasteiger partial charge in [0.15, 0.2) is 0 Å². The van der Waals surface area contributed by atoms with E-state index in [0.29, 0.717) is 0 Å². The monoisotopic (exact) mass is 258 g/mol. The molecule has 0 aliphatic carbocycles. The topological polar surface area (TPSA) is 43.4 Å². The summed E-state index contributed by atoms with van der Waals surface area (Å²) in [6, 6.07) is 4.95. The van der Waals surface area contributed by atoms with Gasteiger partial charge in [0.25, 0.3) is 0 Å². The van der Waals surface area contributed by atoms with Crippen LogP contribution in [0.5, 0.6) is 5.75 Å². The molecule has 1 aliphatic heterocycles. The summed E-state index contributed by atoms with van der Waals surface area (Å²) >= 11 is 0. The van der Waals surface area contributed by atoms with Gasteiger partial charge in [-0.3, -0.25) is 0 Å². The van der Waals surface area contributed by atoms with Crippen molar-refractivity contribution in [3.8, 4) is 5.75 Å². The fourth-order valence-electron chi connectivity index (χ4n) is 1.78. The van der Waals surface area contributed by atoms with Crippen LogP contribution in [0.4, 0.5) is 4.39 Å². The Balaban J connectivity index is 2.61. The number of hydrogen-bond acceptors (Lipinski definition) is 3.